The summed E-state index contributed by atoms with van der Waals surface area (Å²) >= 11 is 0. The standard InChI is InChI=1S/C21H35N/c1-4-15-6-10-20-19-8-5-14-13-16(22-3)7-9-17(14)18(19)11-12-21(15,20)2/h4,14,16-20,22H,5-13H2,1-3H3/b15-4+/t14-,16-,17+,18-,19-,20+,21-/m1/s1. The second-order valence-corrected chi connectivity index (χ2v) is 9.04. The predicted molar refractivity (Wildman–Crippen MR) is 93.7 cm³/mol. The summed E-state index contributed by atoms with van der Waals surface area (Å²) in [4.78, 5) is 0. The summed E-state index contributed by atoms with van der Waals surface area (Å²) in [6, 6.07) is 0.813. The van der Waals surface area contributed by atoms with E-state index in [1.165, 1.54) is 51.4 Å². The Bertz CT molecular complexity index is 453. The van der Waals surface area contributed by atoms with E-state index in [4.69, 9.17) is 0 Å². The van der Waals surface area contributed by atoms with E-state index in [2.05, 4.69) is 32.3 Å². The Morgan fingerprint density at radius 1 is 1.00 bits per heavy atom. The fraction of sp³-hybridized carbons (Fsp3) is 0.905. The average Bonchev–Trinajstić information content (AvgIpc) is 2.90. The molecule has 0 spiro atoms. The van der Waals surface area contributed by atoms with Crippen LogP contribution in [0.25, 0.3) is 0 Å². The Morgan fingerprint density at radius 2 is 1.82 bits per heavy atom. The Hall–Kier alpha value is -0.300. The molecule has 0 aromatic heterocycles. The van der Waals surface area contributed by atoms with Crippen molar-refractivity contribution < 1.29 is 0 Å². The Balaban J connectivity index is 1.54. The van der Waals surface area contributed by atoms with Crippen LogP contribution in [0.15, 0.2) is 11.6 Å². The van der Waals surface area contributed by atoms with Gasteiger partial charge in [0, 0.05) is 6.04 Å². The van der Waals surface area contributed by atoms with E-state index < -0.39 is 0 Å². The van der Waals surface area contributed by atoms with E-state index in [0.29, 0.717) is 5.41 Å². The summed E-state index contributed by atoms with van der Waals surface area (Å²) in [6.45, 7) is 4.89. The van der Waals surface area contributed by atoms with Crippen molar-refractivity contribution >= 4 is 0 Å². The maximum absolute atomic E-state index is 3.56. The molecule has 1 N–H and O–H groups in total. The molecule has 4 rings (SSSR count). The van der Waals surface area contributed by atoms with Gasteiger partial charge in [0.05, 0.1) is 0 Å². The number of allylic oxidation sites excluding steroid dienone is 2. The van der Waals surface area contributed by atoms with Crippen molar-refractivity contribution in [2.45, 2.75) is 77.7 Å². The molecule has 0 amide bonds. The largest absolute Gasteiger partial charge is 0.317 e. The van der Waals surface area contributed by atoms with Crippen LogP contribution >= 0.6 is 0 Å². The zero-order valence-electron chi connectivity index (χ0n) is 14.9. The van der Waals surface area contributed by atoms with Crippen molar-refractivity contribution in [2.75, 3.05) is 7.05 Å². The number of fused-ring (bicyclic) bond motifs is 5. The molecule has 4 aliphatic carbocycles. The summed E-state index contributed by atoms with van der Waals surface area (Å²) in [5, 5.41) is 3.56. The van der Waals surface area contributed by atoms with Crippen LogP contribution in [-0.2, 0) is 0 Å². The minimum absolute atomic E-state index is 0.574. The minimum Gasteiger partial charge on any atom is -0.317 e. The molecule has 1 nitrogen and oxygen atoms in total. The summed E-state index contributed by atoms with van der Waals surface area (Å²) in [6.07, 6.45) is 15.8. The lowest BCUT2D eigenvalue weighted by atomic mass is 9.50. The first-order valence-corrected chi connectivity index (χ1v) is 10.00. The average molecular weight is 302 g/mol. The number of hydrogen-bond donors (Lipinski definition) is 1. The van der Waals surface area contributed by atoms with Gasteiger partial charge < -0.3 is 5.32 Å². The smallest absolute Gasteiger partial charge is 0.00669 e. The van der Waals surface area contributed by atoms with Crippen molar-refractivity contribution in [1.29, 1.82) is 0 Å². The highest BCUT2D eigenvalue weighted by Crippen LogP contribution is 2.63. The van der Waals surface area contributed by atoms with Gasteiger partial charge in [-0.2, -0.15) is 0 Å². The molecule has 0 radical (unpaired) electrons. The molecule has 0 bridgehead atoms. The molecule has 22 heavy (non-hydrogen) atoms. The fourth-order valence-corrected chi connectivity index (χ4v) is 7.44. The highest BCUT2D eigenvalue weighted by atomic mass is 14.9. The predicted octanol–water partition coefficient (Wildman–Crippen LogP) is 5.17. The molecule has 0 aromatic carbocycles. The molecular weight excluding hydrogens is 266 g/mol. The molecular formula is C21H35N. The normalized spacial score (nSPS) is 53.0. The number of hydrogen-bond acceptors (Lipinski definition) is 1. The first-order valence-electron chi connectivity index (χ1n) is 10.00. The van der Waals surface area contributed by atoms with E-state index >= 15 is 0 Å². The molecule has 4 aliphatic rings. The highest BCUT2D eigenvalue weighted by molar-refractivity contribution is 5.23. The Labute approximate surface area is 137 Å². The van der Waals surface area contributed by atoms with E-state index in [1.54, 1.807) is 12.0 Å². The summed E-state index contributed by atoms with van der Waals surface area (Å²) in [5.41, 5.74) is 2.38. The first-order chi connectivity index (χ1) is 10.7. The fourth-order valence-electron chi connectivity index (χ4n) is 7.44. The van der Waals surface area contributed by atoms with Crippen molar-refractivity contribution in [2.24, 2.45) is 35.0 Å². The topological polar surface area (TPSA) is 12.0 Å². The van der Waals surface area contributed by atoms with Crippen molar-refractivity contribution in [3.8, 4) is 0 Å². The molecule has 0 unspecified atom stereocenters. The third-order valence-electron chi connectivity index (χ3n) is 8.56. The van der Waals surface area contributed by atoms with Gasteiger partial charge in [-0.05, 0) is 107 Å². The molecule has 7 atom stereocenters. The maximum Gasteiger partial charge on any atom is 0.00669 e. The van der Waals surface area contributed by atoms with Gasteiger partial charge in [0.25, 0.3) is 0 Å². The summed E-state index contributed by atoms with van der Waals surface area (Å²) in [5.74, 6) is 5.26. The van der Waals surface area contributed by atoms with Crippen LogP contribution in [0.2, 0.25) is 0 Å². The molecule has 0 aliphatic heterocycles. The van der Waals surface area contributed by atoms with E-state index in [9.17, 15) is 0 Å². The van der Waals surface area contributed by atoms with Gasteiger partial charge in [-0.1, -0.05) is 18.6 Å². The van der Waals surface area contributed by atoms with Crippen LogP contribution in [0.1, 0.15) is 71.6 Å². The van der Waals surface area contributed by atoms with Crippen LogP contribution in [0.5, 0.6) is 0 Å². The zero-order valence-corrected chi connectivity index (χ0v) is 14.9. The molecule has 124 valence electrons. The lowest BCUT2D eigenvalue weighted by molar-refractivity contribution is -0.0443. The molecule has 4 saturated carbocycles. The lowest BCUT2D eigenvalue weighted by Gasteiger charge is -2.55. The van der Waals surface area contributed by atoms with Crippen LogP contribution in [-0.4, -0.2) is 13.1 Å². The van der Waals surface area contributed by atoms with Gasteiger partial charge in [0.15, 0.2) is 0 Å². The minimum atomic E-state index is 0.574. The Morgan fingerprint density at radius 3 is 2.59 bits per heavy atom. The number of nitrogens with one attached hydrogen (secondary N) is 1. The van der Waals surface area contributed by atoms with E-state index in [1.807, 2.05) is 0 Å². The van der Waals surface area contributed by atoms with Gasteiger partial charge in [-0.3, -0.25) is 0 Å². The van der Waals surface area contributed by atoms with Gasteiger partial charge in [-0.25, -0.2) is 0 Å². The van der Waals surface area contributed by atoms with Crippen LogP contribution in [0, 0.1) is 35.0 Å². The quantitative estimate of drug-likeness (QED) is 0.659. The van der Waals surface area contributed by atoms with Crippen LogP contribution < -0.4 is 5.32 Å². The third kappa shape index (κ3) is 2.14. The van der Waals surface area contributed by atoms with E-state index in [0.717, 1.165) is 35.6 Å². The van der Waals surface area contributed by atoms with Crippen molar-refractivity contribution in [1.82, 2.24) is 5.32 Å². The lowest BCUT2D eigenvalue weighted by Crippen LogP contribution is -2.49. The highest BCUT2D eigenvalue weighted by Gasteiger charge is 2.54. The van der Waals surface area contributed by atoms with Gasteiger partial charge in [0.1, 0.15) is 0 Å². The molecule has 0 heterocycles. The van der Waals surface area contributed by atoms with Crippen molar-refractivity contribution in [3.63, 3.8) is 0 Å². The summed E-state index contributed by atoms with van der Waals surface area (Å²) < 4.78 is 0. The molecule has 0 aromatic rings. The SMILES string of the molecule is C/C=C1\CC[C@H]2[C@@H]3CC[C@@H]4C[C@H](NC)CC[C@@H]4[C@H]3CC[C@]12C. The summed E-state index contributed by atoms with van der Waals surface area (Å²) in [7, 11) is 2.17. The van der Waals surface area contributed by atoms with E-state index in [-0.39, 0.29) is 0 Å². The maximum atomic E-state index is 3.56. The number of rotatable bonds is 1. The second-order valence-electron chi connectivity index (χ2n) is 9.04. The molecule has 4 fully saturated rings. The third-order valence-corrected chi connectivity index (χ3v) is 8.56. The van der Waals surface area contributed by atoms with Gasteiger partial charge in [-0.15, -0.1) is 0 Å². The Kier molecular flexibility index (Phi) is 3.92. The first kappa shape index (κ1) is 15.2. The van der Waals surface area contributed by atoms with Crippen LogP contribution in [0.3, 0.4) is 0 Å². The zero-order chi connectivity index (χ0) is 15.3. The monoisotopic (exact) mass is 301 g/mol. The molecule has 1 heteroatoms. The van der Waals surface area contributed by atoms with Gasteiger partial charge >= 0.3 is 0 Å². The molecule has 0 saturated heterocycles. The second kappa shape index (κ2) is 5.65. The van der Waals surface area contributed by atoms with Gasteiger partial charge in [0.2, 0.25) is 0 Å². The van der Waals surface area contributed by atoms with Crippen molar-refractivity contribution in [3.05, 3.63) is 11.6 Å². The van der Waals surface area contributed by atoms with Crippen LogP contribution in [0.4, 0.5) is 0 Å².